The van der Waals surface area contributed by atoms with E-state index in [1.165, 1.54) is 12.1 Å². The van der Waals surface area contributed by atoms with E-state index in [0.717, 1.165) is 55.3 Å². The fraction of sp³-hybridized carbons (Fsp3) is 0.350. The maximum absolute atomic E-state index is 13.5. The molecule has 5 nitrogen and oxygen atoms in total. The quantitative estimate of drug-likeness (QED) is 0.723. The maximum atomic E-state index is 13.5. The molecule has 3 heterocycles. The van der Waals surface area contributed by atoms with Gasteiger partial charge in [-0.25, -0.2) is 14.4 Å². The highest BCUT2D eigenvalue weighted by Gasteiger charge is 2.23. The van der Waals surface area contributed by atoms with Crippen LogP contribution in [-0.2, 0) is 13.6 Å². The summed E-state index contributed by atoms with van der Waals surface area (Å²) in [6.45, 7) is 2.91. The molecule has 0 atom stereocenters. The predicted molar refractivity (Wildman–Crippen MR) is 97.9 cm³/mol. The topological polar surface area (TPSA) is 46.8 Å². The van der Waals surface area contributed by atoms with Crippen LogP contribution in [0.2, 0.25) is 0 Å². The molecule has 0 bridgehead atoms. The van der Waals surface area contributed by atoms with Crippen molar-refractivity contribution in [3.05, 3.63) is 66.4 Å². The van der Waals surface area contributed by atoms with Crippen molar-refractivity contribution in [1.29, 1.82) is 0 Å². The van der Waals surface area contributed by atoms with Crippen molar-refractivity contribution < 1.29 is 4.39 Å². The number of rotatable bonds is 4. The van der Waals surface area contributed by atoms with Gasteiger partial charge in [0.25, 0.3) is 0 Å². The lowest BCUT2D eigenvalue weighted by Crippen LogP contribution is -2.33. The fourth-order valence-corrected chi connectivity index (χ4v) is 3.50. The first kappa shape index (κ1) is 16.8. The number of imidazole rings is 1. The Labute approximate surface area is 152 Å². The normalized spacial score (nSPS) is 16.1. The number of nitrogens with zero attached hydrogens (tertiary/aromatic N) is 5. The van der Waals surface area contributed by atoms with Crippen molar-refractivity contribution in [2.24, 2.45) is 7.05 Å². The molecule has 0 unspecified atom stereocenters. The Morgan fingerprint density at radius 3 is 2.77 bits per heavy atom. The van der Waals surface area contributed by atoms with Gasteiger partial charge in [0.05, 0.1) is 24.1 Å². The first-order valence-corrected chi connectivity index (χ1v) is 8.95. The summed E-state index contributed by atoms with van der Waals surface area (Å²) in [5, 5.41) is 0. The van der Waals surface area contributed by atoms with E-state index in [2.05, 4.69) is 19.4 Å². The minimum Gasteiger partial charge on any atom is -0.337 e. The first-order chi connectivity index (χ1) is 12.7. The Kier molecular flexibility index (Phi) is 4.75. The van der Waals surface area contributed by atoms with Crippen molar-refractivity contribution in [2.75, 3.05) is 13.1 Å². The lowest BCUT2D eigenvalue weighted by molar-refractivity contribution is 0.197. The third-order valence-electron chi connectivity index (χ3n) is 5.07. The Balaban J connectivity index is 1.43. The molecule has 134 valence electrons. The van der Waals surface area contributed by atoms with E-state index in [1.807, 2.05) is 31.7 Å². The molecular formula is C20H22FN5. The summed E-state index contributed by atoms with van der Waals surface area (Å²) in [5.74, 6) is 1.24. The lowest BCUT2D eigenvalue weighted by atomic mass is 9.93. The molecule has 6 heteroatoms. The number of likely N-dealkylation sites (tertiary alicyclic amines) is 1. The van der Waals surface area contributed by atoms with Gasteiger partial charge in [0.2, 0.25) is 0 Å². The summed E-state index contributed by atoms with van der Waals surface area (Å²) < 4.78 is 15.5. The molecule has 0 radical (unpaired) electrons. The fourth-order valence-electron chi connectivity index (χ4n) is 3.50. The van der Waals surface area contributed by atoms with Gasteiger partial charge in [-0.3, -0.25) is 9.88 Å². The minimum atomic E-state index is -0.253. The first-order valence-electron chi connectivity index (χ1n) is 8.95. The molecule has 26 heavy (non-hydrogen) atoms. The van der Waals surface area contributed by atoms with Gasteiger partial charge in [0.1, 0.15) is 11.6 Å². The molecule has 0 aliphatic carbocycles. The van der Waals surface area contributed by atoms with Gasteiger partial charge >= 0.3 is 0 Å². The van der Waals surface area contributed by atoms with Crippen LogP contribution >= 0.6 is 0 Å². The third kappa shape index (κ3) is 3.65. The van der Waals surface area contributed by atoms with Gasteiger partial charge in [0.15, 0.2) is 0 Å². The average molecular weight is 351 g/mol. The summed E-state index contributed by atoms with van der Waals surface area (Å²) in [5.41, 5.74) is 2.51. The number of hydrogen-bond donors (Lipinski definition) is 0. The minimum absolute atomic E-state index is 0.253. The van der Waals surface area contributed by atoms with Crippen LogP contribution < -0.4 is 0 Å². The summed E-state index contributed by atoms with van der Waals surface area (Å²) in [6.07, 6.45) is 9.47. The van der Waals surface area contributed by atoms with Gasteiger partial charge in [-0.1, -0.05) is 12.1 Å². The Morgan fingerprint density at radius 2 is 2.04 bits per heavy atom. The number of piperidine rings is 1. The molecule has 4 rings (SSSR count). The smallest absolute Gasteiger partial charge is 0.123 e. The van der Waals surface area contributed by atoms with Crippen molar-refractivity contribution in [3.8, 4) is 11.3 Å². The number of hydrogen-bond acceptors (Lipinski definition) is 4. The standard InChI is InChI=1S/C20H22FN5/c1-25-10-7-23-20(25)14-26-8-5-15(6-9-26)18-12-22-13-19(24-18)16-3-2-4-17(21)11-16/h2-4,7,10-13,15H,5-6,8-9,14H2,1H3. The molecular weight excluding hydrogens is 329 g/mol. The molecule has 0 saturated carbocycles. The van der Waals surface area contributed by atoms with Crippen molar-refractivity contribution in [3.63, 3.8) is 0 Å². The van der Waals surface area contributed by atoms with Crippen LogP contribution in [-0.4, -0.2) is 37.5 Å². The van der Waals surface area contributed by atoms with Gasteiger partial charge in [0, 0.05) is 37.1 Å². The Hall–Kier alpha value is -2.60. The van der Waals surface area contributed by atoms with Crippen LogP contribution in [0.4, 0.5) is 4.39 Å². The predicted octanol–water partition coefficient (Wildman–Crippen LogP) is 3.40. The molecule has 1 aliphatic heterocycles. The number of aryl methyl sites for hydroxylation is 1. The summed E-state index contributed by atoms with van der Waals surface area (Å²) in [4.78, 5) is 15.9. The SMILES string of the molecule is Cn1ccnc1CN1CCC(c2cncc(-c3cccc(F)c3)n2)CC1. The van der Waals surface area contributed by atoms with Gasteiger partial charge in [-0.05, 0) is 38.1 Å². The van der Waals surface area contributed by atoms with Crippen molar-refractivity contribution >= 4 is 0 Å². The molecule has 1 saturated heterocycles. The lowest BCUT2D eigenvalue weighted by Gasteiger charge is -2.31. The highest BCUT2D eigenvalue weighted by Crippen LogP contribution is 2.28. The number of benzene rings is 1. The summed E-state index contributed by atoms with van der Waals surface area (Å²) in [6, 6.07) is 6.52. The molecule has 0 amide bonds. The zero-order chi connectivity index (χ0) is 17.9. The van der Waals surface area contributed by atoms with Crippen LogP contribution in [0, 0.1) is 5.82 Å². The van der Waals surface area contributed by atoms with Crippen LogP contribution in [0.15, 0.2) is 49.1 Å². The van der Waals surface area contributed by atoms with E-state index in [-0.39, 0.29) is 5.82 Å². The van der Waals surface area contributed by atoms with E-state index in [0.29, 0.717) is 5.92 Å². The van der Waals surface area contributed by atoms with Crippen LogP contribution in [0.1, 0.15) is 30.3 Å². The van der Waals surface area contributed by atoms with Crippen molar-refractivity contribution in [1.82, 2.24) is 24.4 Å². The van der Waals surface area contributed by atoms with Crippen LogP contribution in [0.25, 0.3) is 11.3 Å². The van der Waals surface area contributed by atoms with E-state index in [4.69, 9.17) is 4.98 Å². The molecule has 3 aromatic rings. The Morgan fingerprint density at radius 1 is 1.19 bits per heavy atom. The zero-order valence-electron chi connectivity index (χ0n) is 14.8. The largest absolute Gasteiger partial charge is 0.337 e. The highest BCUT2D eigenvalue weighted by molar-refractivity contribution is 5.58. The van der Waals surface area contributed by atoms with E-state index in [1.54, 1.807) is 12.3 Å². The highest BCUT2D eigenvalue weighted by atomic mass is 19.1. The summed E-state index contributed by atoms with van der Waals surface area (Å²) >= 11 is 0. The van der Waals surface area contributed by atoms with Gasteiger partial charge in [-0.15, -0.1) is 0 Å². The Bertz CT molecular complexity index is 883. The molecule has 0 N–H and O–H groups in total. The zero-order valence-corrected chi connectivity index (χ0v) is 14.8. The van der Waals surface area contributed by atoms with Gasteiger partial charge in [-0.2, -0.15) is 0 Å². The second kappa shape index (κ2) is 7.33. The van der Waals surface area contributed by atoms with Gasteiger partial charge < -0.3 is 4.57 Å². The number of halogens is 1. The maximum Gasteiger partial charge on any atom is 0.123 e. The molecule has 0 spiro atoms. The monoisotopic (exact) mass is 351 g/mol. The molecule has 2 aromatic heterocycles. The third-order valence-corrected chi connectivity index (χ3v) is 5.07. The number of aromatic nitrogens is 4. The van der Waals surface area contributed by atoms with Crippen LogP contribution in [0.3, 0.4) is 0 Å². The second-order valence-electron chi connectivity index (χ2n) is 6.84. The average Bonchev–Trinajstić information content (AvgIpc) is 3.07. The molecule has 1 fully saturated rings. The summed E-state index contributed by atoms with van der Waals surface area (Å²) in [7, 11) is 2.03. The van der Waals surface area contributed by atoms with E-state index < -0.39 is 0 Å². The second-order valence-corrected chi connectivity index (χ2v) is 6.84. The van der Waals surface area contributed by atoms with Crippen LogP contribution in [0.5, 0.6) is 0 Å². The molecule has 1 aromatic carbocycles. The molecule has 1 aliphatic rings. The van der Waals surface area contributed by atoms with E-state index in [9.17, 15) is 4.39 Å². The van der Waals surface area contributed by atoms with Crippen molar-refractivity contribution in [2.45, 2.75) is 25.3 Å². The van der Waals surface area contributed by atoms with E-state index >= 15 is 0 Å².